The molecule has 2 aliphatic rings. The van der Waals surface area contributed by atoms with E-state index in [1.165, 1.54) is 6.42 Å². The first-order valence-electron chi connectivity index (χ1n) is 9.73. The molecule has 6 nitrogen and oxygen atoms in total. The van der Waals surface area contributed by atoms with Gasteiger partial charge in [0.05, 0.1) is 6.10 Å². The van der Waals surface area contributed by atoms with Gasteiger partial charge in [-0.05, 0) is 56.1 Å². The van der Waals surface area contributed by atoms with Crippen molar-refractivity contribution < 1.29 is 14.3 Å². The number of hydrogen-bond acceptors (Lipinski definition) is 4. The van der Waals surface area contributed by atoms with E-state index in [-0.39, 0.29) is 28.9 Å². The summed E-state index contributed by atoms with van der Waals surface area (Å²) in [7, 11) is 0. The molecule has 2 amide bonds. The quantitative estimate of drug-likeness (QED) is 0.675. The third-order valence-corrected chi connectivity index (χ3v) is 5.31. The van der Waals surface area contributed by atoms with Crippen LogP contribution in [0.2, 0.25) is 0 Å². The van der Waals surface area contributed by atoms with Gasteiger partial charge in [0.1, 0.15) is 0 Å². The van der Waals surface area contributed by atoms with Crippen LogP contribution in [-0.2, 0) is 9.53 Å². The number of amides is 2. The van der Waals surface area contributed by atoms with Crippen LogP contribution in [-0.4, -0.2) is 36.2 Å². The van der Waals surface area contributed by atoms with Gasteiger partial charge in [-0.15, -0.1) is 0 Å². The third-order valence-electron chi connectivity index (χ3n) is 5.11. The highest BCUT2D eigenvalue weighted by atomic mass is 32.1. The van der Waals surface area contributed by atoms with Crippen LogP contribution in [0, 0.1) is 5.92 Å². The van der Waals surface area contributed by atoms with Gasteiger partial charge in [0.25, 0.3) is 5.91 Å². The summed E-state index contributed by atoms with van der Waals surface area (Å²) >= 11 is 5.25. The smallest absolute Gasteiger partial charge is 0.251 e. The molecule has 146 valence electrons. The Bertz CT molecular complexity index is 683. The summed E-state index contributed by atoms with van der Waals surface area (Å²) in [6, 6.07) is 7.08. The fourth-order valence-electron chi connectivity index (χ4n) is 3.59. The monoisotopic (exact) mass is 389 g/mol. The fourth-order valence-corrected chi connectivity index (χ4v) is 3.81. The molecule has 3 N–H and O–H groups in total. The maximum atomic E-state index is 12.3. The summed E-state index contributed by atoms with van der Waals surface area (Å²) < 4.78 is 5.52. The number of thiocarbonyl (C=S) groups is 1. The molecule has 3 rings (SSSR count). The number of hydrogen-bond donors (Lipinski definition) is 3. The van der Waals surface area contributed by atoms with E-state index in [0.29, 0.717) is 17.8 Å². The first-order chi connectivity index (χ1) is 13.1. The third kappa shape index (κ3) is 6.01. The van der Waals surface area contributed by atoms with E-state index in [1.54, 1.807) is 18.2 Å². The highest BCUT2D eigenvalue weighted by molar-refractivity contribution is 7.80. The number of benzene rings is 1. The van der Waals surface area contributed by atoms with Gasteiger partial charge in [0, 0.05) is 30.3 Å². The lowest BCUT2D eigenvalue weighted by Crippen LogP contribution is -2.39. The Balaban J connectivity index is 1.49. The van der Waals surface area contributed by atoms with Crippen molar-refractivity contribution in [3.63, 3.8) is 0 Å². The average molecular weight is 390 g/mol. The second kappa shape index (κ2) is 9.80. The molecule has 1 atom stereocenters. The van der Waals surface area contributed by atoms with E-state index in [4.69, 9.17) is 17.0 Å². The van der Waals surface area contributed by atoms with Crippen LogP contribution in [0.3, 0.4) is 0 Å². The summed E-state index contributed by atoms with van der Waals surface area (Å²) in [6.07, 6.45) is 7.39. The fraction of sp³-hybridized carbons (Fsp3) is 0.550. The van der Waals surface area contributed by atoms with E-state index in [1.807, 2.05) is 6.07 Å². The molecule has 1 aliphatic heterocycles. The highest BCUT2D eigenvalue weighted by Gasteiger charge is 2.22. The lowest BCUT2D eigenvalue weighted by atomic mass is 9.89. The van der Waals surface area contributed by atoms with Gasteiger partial charge in [-0.2, -0.15) is 0 Å². The molecule has 1 heterocycles. The van der Waals surface area contributed by atoms with Crippen molar-refractivity contribution in [3.8, 4) is 0 Å². The second-order valence-electron chi connectivity index (χ2n) is 7.20. The zero-order chi connectivity index (χ0) is 19.1. The predicted molar refractivity (Wildman–Crippen MR) is 109 cm³/mol. The van der Waals surface area contributed by atoms with Gasteiger partial charge in [0.2, 0.25) is 5.91 Å². The second-order valence-corrected chi connectivity index (χ2v) is 7.61. The van der Waals surface area contributed by atoms with Crippen molar-refractivity contribution in [1.29, 1.82) is 0 Å². The molecular weight excluding hydrogens is 362 g/mol. The molecule has 1 aromatic rings. The summed E-state index contributed by atoms with van der Waals surface area (Å²) in [5, 5.41) is 8.94. The van der Waals surface area contributed by atoms with Crippen molar-refractivity contribution in [1.82, 2.24) is 10.6 Å². The van der Waals surface area contributed by atoms with E-state index < -0.39 is 0 Å². The number of carbonyl (C=O) groups is 2. The van der Waals surface area contributed by atoms with Crippen LogP contribution >= 0.6 is 12.2 Å². The van der Waals surface area contributed by atoms with Crippen molar-refractivity contribution in [2.45, 2.75) is 51.0 Å². The maximum Gasteiger partial charge on any atom is 0.251 e. The maximum absolute atomic E-state index is 12.3. The van der Waals surface area contributed by atoms with E-state index in [0.717, 1.165) is 45.1 Å². The predicted octanol–water partition coefficient (Wildman–Crippen LogP) is 2.99. The minimum atomic E-state index is -0.147. The SMILES string of the molecule is O=C(NC[C@@H]1CCCO1)c1cccc(NC(=S)NC(=O)C2CCCCC2)c1. The summed E-state index contributed by atoms with van der Waals surface area (Å²) in [6.45, 7) is 1.29. The minimum absolute atomic E-state index is 0.0161. The number of rotatable bonds is 5. The van der Waals surface area contributed by atoms with Crippen LogP contribution in [0.1, 0.15) is 55.3 Å². The molecule has 2 fully saturated rings. The minimum Gasteiger partial charge on any atom is -0.376 e. The topological polar surface area (TPSA) is 79.5 Å². The van der Waals surface area contributed by atoms with Crippen LogP contribution in [0.15, 0.2) is 24.3 Å². The van der Waals surface area contributed by atoms with Crippen molar-refractivity contribution in [2.24, 2.45) is 5.92 Å². The molecule has 0 unspecified atom stereocenters. The van der Waals surface area contributed by atoms with Crippen LogP contribution in [0.4, 0.5) is 5.69 Å². The number of nitrogens with one attached hydrogen (secondary N) is 3. The van der Waals surface area contributed by atoms with Crippen molar-refractivity contribution >= 4 is 34.8 Å². The number of anilines is 1. The van der Waals surface area contributed by atoms with Gasteiger partial charge in [-0.25, -0.2) is 0 Å². The summed E-state index contributed by atoms with van der Waals surface area (Å²) in [4.78, 5) is 24.6. The normalized spacial score (nSPS) is 20.1. The Kier molecular flexibility index (Phi) is 7.18. The Labute approximate surface area is 165 Å². The van der Waals surface area contributed by atoms with Crippen LogP contribution in [0.25, 0.3) is 0 Å². The summed E-state index contributed by atoms with van der Waals surface area (Å²) in [5.74, 6) is -0.114. The van der Waals surface area contributed by atoms with Gasteiger partial charge in [0.15, 0.2) is 5.11 Å². The van der Waals surface area contributed by atoms with Crippen LogP contribution in [0.5, 0.6) is 0 Å². The average Bonchev–Trinajstić information content (AvgIpc) is 3.20. The van der Waals surface area contributed by atoms with Crippen LogP contribution < -0.4 is 16.0 Å². The van der Waals surface area contributed by atoms with E-state index in [2.05, 4.69) is 16.0 Å². The molecule has 1 aromatic carbocycles. The van der Waals surface area contributed by atoms with Gasteiger partial charge >= 0.3 is 0 Å². The van der Waals surface area contributed by atoms with E-state index in [9.17, 15) is 9.59 Å². The Morgan fingerprint density at radius 3 is 2.67 bits per heavy atom. The molecular formula is C20H27N3O3S. The Hall–Kier alpha value is -1.99. The first kappa shape index (κ1) is 19.8. The zero-order valence-corrected chi connectivity index (χ0v) is 16.3. The molecule has 0 radical (unpaired) electrons. The zero-order valence-electron chi connectivity index (χ0n) is 15.5. The van der Waals surface area contributed by atoms with Gasteiger partial charge in [-0.3, -0.25) is 9.59 Å². The first-order valence-corrected chi connectivity index (χ1v) is 10.1. The largest absolute Gasteiger partial charge is 0.376 e. The number of ether oxygens (including phenoxy) is 1. The number of carbonyl (C=O) groups excluding carboxylic acids is 2. The van der Waals surface area contributed by atoms with Crippen molar-refractivity contribution in [3.05, 3.63) is 29.8 Å². The molecule has 0 aromatic heterocycles. The molecule has 7 heteroatoms. The lowest BCUT2D eigenvalue weighted by Gasteiger charge is -2.21. The molecule has 1 aliphatic carbocycles. The lowest BCUT2D eigenvalue weighted by molar-refractivity contribution is -0.124. The highest BCUT2D eigenvalue weighted by Crippen LogP contribution is 2.23. The summed E-state index contributed by atoms with van der Waals surface area (Å²) in [5.41, 5.74) is 1.22. The van der Waals surface area contributed by atoms with Gasteiger partial charge in [-0.1, -0.05) is 25.3 Å². The van der Waals surface area contributed by atoms with Crippen molar-refractivity contribution in [2.75, 3.05) is 18.5 Å². The molecule has 1 saturated heterocycles. The standard InChI is InChI=1S/C20H27N3O3S/c24-18(21-13-17-10-5-11-26-17)15-8-4-9-16(12-15)22-20(27)23-19(25)14-6-2-1-3-7-14/h4,8-9,12,14,17H,1-3,5-7,10-11,13H2,(H,21,24)(H2,22,23,25,27)/t17-/m0/s1. The van der Waals surface area contributed by atoms with E-state index >= 15 is 0 Å². The molecule has 27 heavy (non-hydrogen) atoms. The molecule has 0 spiro atoms. The Morgan fingerprint density at radius 2 is 1.93 bits per heavy atom. The molecule has 0 bridgehead atoms. The van der Waals surface area contributed by atoms with Gasteiger partial charge < -0.3 is 20.7 Å². The Morgan fingerprint density at radius 1 is 1.11 bits per heavy atom. The molecule has 1 saturated carbocycles.